The number of hydrogen-bond donors (Lipinski definition) is 8. The minimum absolute atomic E-state index is 0.0829. The topological polar surface area (TPSA) is 303 Å². The van der Waals surface area contributed by atoms with Crippen LogP contribution in [-0.4, -0.2) is 108 Å². The van der Waals surface area contributed by atoms with Crippen molar-refractivity contribution < 1.29 is 90.6 Å². The maximum atomic E-state index is 13.0. The van der Waals surface area contributed by atoms with Crippen LogP contribution in [0.15, 0.2) is 0 Å². The average molecular weight is 919 g/mol. The standard InChI is InChI=1S/C39H53O19P3/c1-3-5-7-9-11-13-15-16-18-20-22-24-26-28-33(41)55-31(29-53-32(40)27-25-23-21-19-17-14-12-10-8-6-4-2)30-54-61(51,52)58-39-35(43)37(56-59(45,46)47)34(42)38(36(39)44)57-60(48,49)50/h31,34-39,42-44H,3,5,7,9,11,13,15-16,18,20,22,24,26,28-30H2,1-2H3,(H,51,52)(H2,45,46,47)(H2,48,49,50)/t31-,34-,35+,36?,37?,38-,39?/m1/s1. The summed E-state index contributed by atoms with van der Waals surface area (Å²) in [5.41, 5.74) is 0. The Morgan fingerprint density at radius 1 is 0.557 bits per heavy atom. The maximum Gasteiger partial charge on any atom is 0.472 e. The minimum Gasteiger partial charge on any atom is -0.456 e. The Kier molecular flexibility index (Phi) is 27.8. The molecule has 1 aliphatic rings. The van der Waals surface area contributed by atoms with Crippen LogP contribution in [0.3, 0.4) is 0 Å². The molecule has 0 spiro atoms. The van der Waals surface area contributed by atoms with Gasteiger partial charge in [0.2, 0.25) is 0 Å². The Morgan fingerprint density at radius 2 is 0.951 bits per heavy atom. The summed E-state index contributed by atoms with van der Waals surface area (Å²) in [6, 6.07) is 0. The molecule has 22 heteroatoms. The average Bonchev–Trinajstić information content (AvgIpc) is 3.18. The number of carbonyl (C=O) groups is 2. The van der Waals surface area contributed by atoms with E-state index in [0.29, 0.717) is 12.8 Å². The number of carbonyl (C=O) groups excluding carboxylic acids is 2. The summed E-state index contributed by atoms with van der Waals surface area (Å²) in [6.07, 6.45) is -3.04. The van der Waals surface area contributed by atoms with E-state index in [0.717, 1.165) is 25.7 Å². The second-order valence-corrected chi connectivity index (χ2v) is 17.0. The van der Waals surface area contributed by atoms with Gasteiger partial charge in [-0.3, -0.25) is 22.9 Å². The van der Waals surface area contributed by atoms with Crippen molar-refractivity contribution >= 4 is 35.4 Å². The number of rotatable bonds is 26. The Bertz CT molecular complexity index is 1890. The van der Waals surface area contributed by atoms with Crippen molar-refractivity contribution in [1.29, 1.82) is 0 Å². The first-order valence-corrected chi connectivity index (χ1v) is 23.8. The quantitative estimate of drug-likeness (QED) is 0.0203. The number of aliphatic hydroxyl groups is 3. The van der Waals surface area contributed by atoms with E-state index in [-0.39, 0.29) is 6.42 Å². The maximum absolute atomic E-state index is 13.0. The normalized spacial score (nSPS) is 20.9. The molecule has 0 aliphatic heterocycles. The van der Waals surface area contributed by atoms with Crippen LogP contribution < -0.4 is 0 Å². The lowest BCUT2D eigenvalue weighted by molar-refractivity contribution is -0.213. The van der Waals surface area contributed by atoms with Crippen LogP contribution in [-0.2, 0) is 50.9 Å². The molecule has 1 saturated carbocycles. The van der Waals surface area contributed by atoms with Crippen LogP contribution in [0.2, 0.25) is 0 Å². The lowest BCUT2D eigenvalue weighted by Gasteiger charge is -2.44. The summed E-state index contributed by atoms with van der Waals surface area (Å²) >= 11 is 0. The van der Waals surface area contributed by atoms with Crippen LogP contribution in [0, 0.1) is 71.0 Å². The highest BCUT2D eigenvalue weighted by atomic mass is 31.2. The van der Waals surface area contributed by atoms with E-state index < -0.39 is 91.3 Å². The highest BCUT2D eigenvalue weighted by molar-refractivity contribution is 7.47. The summed E-state index contributed by atoms with van der Waals surface area (Å²) in [4.78, 5) is 72.4. The number of phosphoric ester groups is 3. The van der Waals surface area contributed by atoms with E-state index in [2.05, 4.69) is 81.1 Å². The Morgan fingerprint density at radius 3 is 1.38 bits per heavy atom. The van der Waals surface area contributed by atoms with Gasteiger partial charge in [0.25, 0.3) is 0 Å². The van der Waals surface area contributed by atoms with Gasteiger partial charge in [-0.1, -0.05) is 89.9 Å². The largest absolute Gasteiger partial charge is 0.472 e. The predicted molar refractivity (Wildman–Crippen MR) is 216 cm³/mol. The minimum atomic E-state index is -5.58. The smallest absolute Gasteiger partial charge is 0.456 e. The molecule has 8 atom stereocenters. The number of hydrogen-bond acceptors (Lipinski definition) is 14. The first-order valence-electron chi connectivity index (χ1n) is 19.3. The molecule has 0 aromatic rings. The third-order valence-electron chi connectivity index (χ3n) is 8.25. The van der Waals surface area contributed by atoms with Gasteiger partial charge >= 0.3 is 35.4 Å². The van der Waals surface area contributed by atoms with Gasteiger partial charge in [-0.2, -0.15) is 0 Å². The molecule has 0 aromatic heterocycles. The van der Waals surface area contributed by atoms with Gasteiger partial charge in [-0.15, -0.1) is 0 Å². The third-order valence-corrected chi connectivity index (χ3v) is 10.3. The summed E-state index contributed by atoms with van der Waals surface area (Å²) < 4.78 is 64.5. The molecule has 0 radical (unpaired) electrons. The molecular weight excluding hydrogens is 865 g/mol. The fraction of sp³-hybridized carbons (Fsp3) is 0.641. The predicted octanol–water partition coefficient (Wildman–Crippen LogP) is 2.52. The second kappa shape index (κ2) is 30.5. The number of unbranched alkanes of at least 4 members (excludes halogenated alkanes) is 12. The molecule has 0 amide bonds. The summed E-state index contributed by atoms with van der Waals surface area (Å²) in [5, 5.41) is 31.6. The molecule has 19 nitrogen and oxygen atoms in total. The van der Waals surface area contributed by atoms with Gasteiger partial charge in [0, 0.05) is 12.3 Å². The molecule has 338 valence electrons. The van der Waals surface area contributed by atoms with Crippen molar-refractivity contribution in [2.45, 2.75) is 146 Å². The molecule has 1 rings (SSSR count). The van der Waals surface area contributed by atoms with Gasteiger partial charge in [0.15, 0.2) is 6.10 Å². The van der Waals surface area contributed by atoms with Gasteiger partial charge < -0.3 is 49.3 Å². The summed E-state index contributed by atoms with van der Waals surface area (Å²) in [6.45, 7) is 1.96. The summed E-state index contributed by atoms with van der Waals surface area (Å²) in [7, 11) is -16.7. The molecule has 0 saturated heterocycles. The van der Waals surface area contributed by atoms with Gasteiger partial charge in [0.05, 0.1) is 6.61 Å². The van der Waals surface area contributed by atoms with E-state index >= 15 is 0 Å². The molecule has 1 fully saturated rings. The molecule has 8 N–H and O–H groups in total. The lowest BCUT2D eigenvalue weighted by Crippen LogP contribution is -2.65. The highest BCUT2D eigenvalue weighted by Gasteiger charge is 2.56. The Labute approximate surface area is 356 Å². The van der Waals surface area contributed by atoms with Crippen molar-refractivity contribution in [3.8, 4) is 71.0 Å². The van der Waals surface area contributed by atoms with E-state index in [1.807, 2.05) is 5.92 Å². The molecular formula is C39H53O19P3. The number of ether oxygens (including phenoxy) is 2. The molecule has 61 heavy (non-hydrogen) atoms. The Balaban J connectivity index is 2.97. The molecule has 4 unspecified atom stereocenters. The van der Waals surface area contributed by atoms with Crippen LogP contribution in [0.25, 0.3) is 0 Å². The number of aliphatic hydroxyl groups excluding tert-OH is 3. The van der Waals surface area contributed by atoms with Crippen LogP contribution in [0.5, 0.6) is 0 Å². The molecule has 0 bridgehead atoms. The van der Waals surface area contributed by atoms with Gasteiger partial charge in [-0.25, -0.2) is 18.5 Å². The van der Waals surface area contributed by atoms with E-state index in [9.17, 15) is 63.1 Å². The van der Waals surface area contributed by atoms with Crippen LogP contribution >= 0.6 is 23.5 Å². The fourth-order valence-electron chi connectivity index (χ4n) is 5.47. The van der Waals surface area contributed by atoms with Crippen molar-refractivity contribution in [1.82, 2.24) is 0 Å². The highest BCUT2D eigenvalue weighted by Crippen LogP contribution is 2.51. The second-order valence-electron chi connectivity index (χ2n) is 13.3. The monoisotopic (exact) mass is 918 g/mol. The first kappa shape index (κ1) is 55.5. The SMILES string of the molecule is CC#CC#CC#CC#CC#CC#CC(=O)OC[C@H](COP(=O)(O)OC1C(O)[C@H](OP(=O)(O)O)[C@H](O)C(OP(=O)(O)O)[C@@H]1O)OC(=O)CCCCCCCCCCCCCCC. The van der Waals surface area contributed by atoms with E-state index in [4.69, 9.17) is 18.5 Å². The van der Waals surface area contributed by atoms with Crippen molar-refractivity contribution in [3.63, 3.8) is 0 Å². The number of esters is 2. The third kappa shape index (κ3) is 27.2. The van der Waals surface area contributed by atoms with Gasteiger partial charge in [-0.05, 0) is 72.5 Å². The lowest BCUT2D eigenvalue weighted by atomic mass is 9.85. The summed E-state index contributed by atoms with van der Waals surface area (Å²) in [5.74, 6) is 26.3. The molecule has 0 heterocycles. The van der Waals surface area contributed by atoms with Crippen LogP contribution in [0.1, 0.15) is 104 Å². The van der Waals surface area contributed by atoms with Crippen molar-refractivity contribution in [3.05, 3.63) is 0 Å². The van der Waals surface area contributed by atoms with E-state index in [1.165, 1.54) is 44.9 Å². The first-order chi connectivity index (χ1) is 28.8. The number of phosphoric acid groups is 3. The zero-order chi connectivity index (χ0) is 45.7. The Hall–Kier alpha value is -3.49. The molecule has 1 aliphatic carbocycles. The zero-order valence-corrected chi connectivity index (χ0v) is 36.4. The van der Waals surface area contributed by atoms with Gasteiger partial charge in [0.1, 0.15) is 43.2 Å². The molecule has 0 aromatic carbocycles. The van der Waals surface area contributed by atoms with Crippen LogP contribution in [0.4, 0.5) is 0 Å². The fourth-order valence-corrected chi connectivity index (χ4v) is 7.57. The zero-order valence-electron chi connectivity index (χ0n) is 33.8. The van der Waals surface area contributed by atoms with Crippen molar-refractivity contribution in [2.24, 2.45) is 0 Å². The van der Waals surface area contributed by atoms with Crippen molar-refractivity contribution in [2.75, 3.05) is 13.2 Å². The van der Waals surface area contributed by atoms with E-state index in [1.54, 1.807) is 6.92 Å².